The number of anilines is 1. The summed E-state index contributed by atoms with van der Waals surface area (Å²) in [7, 11) is -7.36. The van der Waals surface area contributed by atoms with E-state index < -0.39 is 20.0 Å². The molecule has 2 heterocycles. The predicted molar refractivity (Wildman–Crippen MR) is 106 cm³/mol. The molecular weight excluding hydrogens is 404 g/mol. The highest BCUT2D eigenvalue weighted by Crippen LogP contribution is 2.29. The molecule has 3 rings (SSSR count). The summed E-state index contributed by atoms with van der Waals surface area (Å²) in [6, 6.07) is 8.34. The number of aryl methyl sites for hydroxylation is 3. The third kappa shape index (κ3) is 4.49. The number of nitrogens with two attached hydrogens (primary N) is 1. The van der Waals surface area contributed by atoms with Crippen molar-refractivity contribution in [3.8, 4) is 0 Å². The highest BCUT2D eigenvalue weighted by molar-refractivity contribution is 7.91. The van der Waals surface area contributed by atoms with Crippen molar-refractivity contribution in [2.45, 2.75) is 37.0 Å². The maximum atomic E-state index is 13.1. The van der Waals surface area contributed by atoms with Gasteiger partial charge in [-0.2, -0.15) is 13.5 Å². The zero-order chi connectivity index (χ0) is 21.3. The lowest BCUT2D eigenvalue weighted by molar-refractivity contribution is 0.490. The SMILES string of the molecule is CCc1nn2c(C)c(N)c(C)nc2c1S(=O)(=O)c1ccccc1.CS(=O)(=O)O. The lowest BCUT2D eigenvalue weighted by Gasteiger charge is -2.07. The first-order valence-corrected chi connectivity index (χ1v) is 11.6. The van der Waals surface area contributed by atoms with Crippen LogP contribution in [0, 0.1) is 13.8 Å². The molecule has 0 saturated carbocycles. The average molecular weight is 427 g/mol. The van der Waals surface area contributed by atoms with Crippen LogP contribution in [0.25, 0.3) is 5.65 Å². The van der Waals surface area contributed by atoms with E-state index in [1.54, 1.807) is 37.3 Å². The van der Waals surface area contributed by atoms with Gasteiger partial charge in [-0.1, -0.05) is 25.1 Å². The minimum atomic E-state index is -3.70. The average Bonchev–Trinajstić information content (AvgIpc) is 2.98. The number of nitrogen functional groups attached to an aromatic ring is 1. The molecule has 0 bridgehead atoms. The van der Waals surface area contributed by atoms with Gasteiger partial charge in [0.25, 0.3) is 10.1 Å². The van der Waals surface area contributed by atoms with Gasteiger partial charge in [-0.05, 0) is 32.4 Å². The van der Waals surface area contributed by atoms with Gasteiger partial charge in [0.1, 0.15) is 4.90 Å². The van der Waals surface area contributed by atoms with Crippen molar-refractivity contribution in [2.75, 3.05) is 12.0 Å². The molecule has 0 atom stereocenters. The number of aromatic nitrogens is 3. The van der Waals surface area contributed by atoms with Crippen LogP contribution in [0.15, 0.2) is 40.1 Å². The van der Waals surface area contributed by atoms with Crippen LogP contribution in [0.3, 0.4) is 0 Å². The molecule has 0 aliphatic rings. The molecule has 3 N–H and O–H groups in total. The van der Waals surface area contributed by atoms with E-state index in [0.717, 1.165) is 0 Å². The van der Waals surface area contributed by atoms with E-state index in [0.29, 0.717) is 41.1 Å². The third-order valence-corrected chi connectivity index (χ3v) is 5.76. The van der Waals surface area contributed by atoms with Crippen LogP contribution in [-0.4, -0.2) is 42.2 Å². The molecule has 9 nitrogen and oxygen atoms in total. The third-order valence-electron chi connectivity index (χ3n) is 3.91. The number of benzene rings is 1. The molecule has 152 valence electrons. The van der Waals surface area contributed by atoms with Crippen LogP contribution in [0.4, 0.5) is 5.69 Å². The fourth-order valence-electron chi connectivity index (χ4n) is 2.59. The second-order valence-corrected chi connectivity index (χ2v) is 9.46. The summed E-state index contributed by atoms with van der Waals surface area (Å²) in [6.07, 6.45) is 1.20. The number of rotatable bonds is 3. The number of nitrogens with zero attached hydrogens (tertiary/aromatic N) is 3. The van der Waals surface area contributed by atoms with Crippen molar-refractivity contribution in [1.29, 1.82) is 0 Å². The Kier molecular flexibility index (Phi) is 6.12. The van der Waals surface area contributed by atoms with Crippen molar-refractivity contribution in [2.24, 2.45) is 0 Å². The number of hydrogen-bond acceptors (Lipinski definition) is 7. The topological polar surface area (TPSA) is 145 Å². The molecule has 1 aromatic carbocycles. The van der Waals surface area contributed by atoms with Crippen LogP contribution in [0.1, 0.15) is 24.0 Å². The first-order valence-electron chi connectivity index (χ1n) is 8.24. The predicted octanol–water partition coefficient (Wildman–Crippen LogP) is 1.83. The minimum absolute atomic E-state index is 0.164. The molecule has 3 aromatic rings. The van der Waals surface area contributed by atoms with Gasteiger partial charge in [0.05, 0.1) is 33.9 Å². The van der Waals surface area contributed by atoms with Crippen molar-refractivity contribution in [1.82, 2.24) is 14.6 Å². The summed E-state index contributed by atoms with van der Waals surface area (Å²) in [5, 5.41) is 4.42. The zero-order valence-electron chi connectivity index (χ0n) is 15.9. The maximum absolute atomic E-state index is 13.1. The summed E-state index contributed by atoms with van der Waals surface area (Å²) in [6.45, 7) is 5.44. The number of fused-ring (bicyclic) bond motifs is 1. The molecule has 2 aromatic heterocycles. The molecule has 11 heteroatoms. The molecule has 0 spiro atoms. The van der Waals surface area contributed by atoms with Gasteiger partial charge in [-0.15, -0.1) is 0 Å². The quantitative estimate of drug-likeness (QED) is 0.603. The Balaban J connectivity index is 0.000000500. The summed E-state index contributed by atoms with van der Waals surface area (Å²) in [5.41, 5.74) is 8.63. The van der Waals surface area contributed by atoms with Crippen LogP contribution in [0.2, 0.25) is 0 Å². The lowest BCUT2D eigenvalue weighted by Crippen LogP contribution is -2.07. The van der Waals surface area contributed by atoms with Crippen molar-refractivity contribution >= 4 is 31.3 Å². The van der Waals surface area contributed by atoms with Crippen molar-refractivity contribution in [3.63, 3.8) is 0 Å². The summed E-state index contributed by atoms with van der Waals surface area (Å²) in [4.78, 5) is 4.79. The first kappa shape index (κ1) is 21.8. The Morgan fingerprint density at radius 3 is 2.14 bits per heavy atom. The minimum Gasteiger partial charge on any atom is -0.396 e. The van der Waals surface area contributed by atoms with E-state index in [2.05, 4.69) is 10.1 Å². The van der Waals surface area contributed by atoms with Gasteiger partial charge >= 0.3 is 0 Å². The largest absolute Gasteiger partial charge is 0.396 e. The molecule has 0 amide bonds. The van der Waals surface area contributed by atoms with Gasteiger partial charge in [0.15, 0.2) is 5.65 Å². The summed E-state index contributed by atoms with van der Waals surface area (Å²) >= 11 is 0. The fourth-order valence-corrected chi connectivity index (χ4v) is 4.21. The van der Waals surface area contributed by atoms with Crippen LogP contribution >= 0.6 is 0 Å². The van der Waals surface area contributed by atoms with E-state index in [1.165, 1.54) is 4.52 Å². The van der Waals surface area contributed by atoms with E-state index in [1.807, 2.05) is 13.8 Å². The maximum Gasteiger partial charge on any atom is 0.261 e. The number of hydrogen-bond donors (Lipinski definition) is 2. The van der Waals surface area contributed by atoms with E-state index in [4.69, 9.17) is 10.3 Å². The van der Waals surface area contributed by atoms with Gasteiger partial charge in [-0.25, -0.2) is 17.9 Å². The highest BCUT2D eigenvalue weighted by atomic mass is 32.2. The van der Waals surface area contributed by atoms with E-state index in [9.17, 15) is 16.8 Å². The first-order chi connectivity index (χ1) is 12.9. The summed E-state index contributed by atoms with van der Waals surface area (Å²) in [5.74, 6) is 0. The second kappa shape index (κ2) is 7.86. The lowest BCUT2D eigenvalue weighted by atomic mass is 10.3. The summed E-state index contributed by atoms with van der Waals surface area (Å²) < 4.78 is 53.5. The molecule has 0 unspecified atom stereocenters. The van der Waals surface area contributed by atoms with Gasteiger partial charge in [0, 0.05) is 0 Å². The second-order valence-electron chi connectivity index (χ2n) is 6.11. The van der Waals surface area contributed by atoms with Crippen LogP contribution < -0.4 is 5.73 Å². The monoisotopic (exact) mass is 426 g/mol. The Morgan fingerprint density at radius 1 is 1.11 bits per heavy atom. The fraction of sp³-hybridized carbons (Fsp3) is 0.294. The van der Waals surface area contributed by atoms with Crippen molar-refractivity contribution < 1.29 is 21.4 Å². The van der Waals surface area contributed by atoms with Gasteiger partial charge in [0.2, 0.25) is 9.84 Å². The van der Waals surface area contributed by atoms with Crippen LogP contribution in [-0.2, 0) is 26.4 Å². The Labute approximate surface area is 163 Å². The smallest absolute Gasteiger partial charge is 0.261 e. The van der Waals surface area contributed by atoms with E-state index in [-0.39, 0.29) is 9.79 Å². The highest BCUT2D eigenvalue weighted by Gasteiger charge is 2.28. The Bertz CT molecular complexity index is 1210. The van der Waals surface area contributed by atoms with Crippen LogP contribution in [0.5, 0.6) is 0 Å². The molecule has 28 heavy (non-hydrogen) atoms. The molecule has 0 aliphatic heterocycles. The standard InChI is InChI=1S/C16H18N4O2S.CH4O3S/c1-4-13-15(23(21,22)12-8-6-5-7-9-12)16-18-10(2)14(17)11(3)20(16)19-13;1-5(2,3)4/h5-9H,4,17H2,1-3H3;1H3,(H,2,3,4). The molecule has 0 saturated heterocycles. The van der Waals surface area contributed by atoms with E-state index >= 15 is 0 Å². The van der Waals surface area contributed by atoms with Gasteiger partial charge < -0.3 is 5.73 Å². The molecule has 0 aliphatic carbocycles. The normalized spacial score (nSPS) is 11.9. The Morgan fingerprint density at radius 2 is 1.64 bits per heavy atom. The molecular formula is C17H22N4O5S2. The Hall–Kier alpha value is -2.50. The molecule has 0 radical (unpaired) electrons. The molecule has 0 fully saturated rings. The van der Waals surface area contributed by atoms with Gasteiger partial charge in [-0.3, -0.25) is 4.55 Å². The number of sulfone groups is 1. The van der Waals surface area contributed by atoms with Crippen molar-refractivity contribution in [3.05, 3.63) is 47.4 Å². The zero-order valence-corrected chi connectivity index (χ0v) is 17.5.